The fraction of sp³-hybridized carbons (Fsp3) is 0.923. The van der Waals surface area contributed by atoms with Gasteiger partial charge in [-0.05, 0) is 43.9 Å². The number of hydrogen-bond donors (Lipinski definition) is 2. The van der Waals surface area contributed by atoms with Crippen LogP contribution in [0.1, 0.15) is 45.4 Å². The summed E-state index contributed by atoms with van der Waals surface area (Å²) in [5.41, 5.74) is 0. The first-order valence-electron chi connectivity index (χ1n) is 6.76. The van der Waals surface area contributed by atoms with E-state index in [0.717, 1.165) is 6.42 Å². The van der Waals surface area contributed by atoms with Gasteiger partial charge in [-0.15, -0.1) is 0 Å². The predicted molar refractivity (Wildman–Crippen MR) is 63.0 cm³/mol. The van der Waals surface area contributed by atoms with Crippen LogP contribution >= 0.6 is 0 Å². The fourth-order valence-corrected chi connectivity index (χ4v) is 3.39. The van der Waals surface area contributed by atoms with Gasteiger partial charge >= 0.3 is 0 Å². The topological polar surface area (TPSA) is 41.1 Å². The van der Waals surface area contributed by atoms with Crippen molar-refractivity contribution < 1.29 is 4.79 Å². The lowest BCUT2D eigenvalue weighted by atomic mass is 9.89. The summed E-state index contributed by atoms with van der Waals surface area (Å²) in [5, 5.41) is 6.76. The van der Waals surface area contributed by atoms with E-state index >= 15 is 0 Å². The van der Waals surface area contributed by atoms with E-state index in [9.17, 15) is 4.79 Å². The molecule has 2 saturated heterocycles. The minimum absolute atomic E-state index is 0.292. The number of carbonyl (C=O) groups is 1. The van der Waals surface area contributed by atoms with Crippen LogP contribution in [0.2, 0.25) is 0 Å². The van der Waals surface area contributed by atoms with E-state index < -0.39 is 0 Å². The quantitative estimate of drug-likeness (QED) is 0.758. The zero-order chi connectivity index (χ0) is 11.1. The molecule has 2 N–H and O–H groups in total. The molecule has 0 radical (unpaired) electrons. The summed E-state index contributed by atoms with van der Waals surface area (Å²) >= 11 is 0. The number of piperidine rings is 1. The van der Waals surface area contributed by atoms with Crippen molar-refractivity contribution in [2.45, 2.75) is 63.6 Å². The molecular weight excluding hydrogens is 200 g/mol. The lowest BCUT2D eigenvalue weighted by Crippen LogP contribution is -2.40. The van der Waals surface area contributed by atoms with E-state index in [1.165, 1.54) is 32.1 Å². The Hall–Kier alpha value is -0.570. The number of amides is 1. The van der Waals surface area contributed by atoms with Crippen LogP contribution < -0.4 is 10.6 Å². The fourth-order valence-electron chi connectivity index (χ4n) is 3.39. The summed E-state index contributed by atoms with van der Waals surface area (Å²) in [6, 6.07) is 1.90. The highest BCUT2D eigenvalue weighted by molar-refractivity contribution is 5.76. The van der Waals surface area contributed by atoms with Crippen molar-refractivity contribution in [2.75, 3.05) is 0 Å². The molecule has 16 heavy (non-hydrogen) atoms. The average Bonchev–Trinajstić information content (AvgIpc) is 2.79. The van der Waals surface area contributed by atoms with Crippen LogP contribution in [0.4, 0.5) is 0 Å². The van der Waals surface area contributed by atoms with Crippen LogP contribution in [0.25, 0.3) is 0 Å². The molecule has 0 aromatic rings. The van der Waals surface area contributed by atoms with Crippen molar-refractivity contribution in [2.24, 2.45) is 11.8 Å². The Labute approximate surface area is 97.4 Å². The second kappa shape index (κ2) is 4.02. The molecule has 3 heteroatoms. The molecular formula is C13H22N2O. The van der Waals surface area contributed by atoms with Crippen LogP contribution in [0.5, 0.6) is 0 Å². The van der Waals surface area contributed by atoms with E-state index in [2.05, 4.69) is 17.6 Å². The standard InChI is InChI=1S/C13H22N2O/c1-8-4-12(8)15-13(16)7-9-5-10-2-3-11(6-9)14-10/h8-12,14H,2-7H2,1H3,(H,15,16). The number of fused-ring (bicyclic) bond motifs is 2. The molecule has 1 amide bonds. The second-order valence-corrected chi connectivity index (χ2v) is 6.07. The van der Waals surface area contributed by atoms with Gasteiger partial charge in [-0.2, -0.15) is 0 Å². The highest BCUT2D eigenvalue weighted by Gasteiger charge is 2.36. The molecule has 2 aliphatic heterocycles. The Bertz CT molecular complexity index is 280. The van der Waals surface area contributed by atoms with Gasteiger partial charge in [0.25, 0.3) is 0 Å². The highest BCUT2D eigenvalue weighted by Crippen LogP contribution is 2.33. The molecule has 90 valence electrons. The Balaban J connectivity index is 1.45. The lowest BCUT2D eigenvalue weighted by molar-refractivity contribution is -0.122. The smallest absolute Gasteiger partial charge is 0.220 e. The van der Waals surface area contributed by atoms with Crippen molar-refractivity contribution in [1.29, 1.82) is 0 Å². The Morgan fingerprint density at radius 3 is 2.44 bits per heavy atom. The van der Waals surface area contributed by atoms with Crippen molar-refractivity contribution in [3.8, 4) is 0 Å². The summed E-state index contributed by atoms with van der Waals surface area (Å²) in [7, 11) is 0. The molecule has 1 aliphatic carbocycles. The van der Waals surface area contributed by atoms with Crippen molar-refractivity contribution in [1.82, 2.24) is 10.6 Å². The zero-order valence-electron chi connectivity index (χ0n) is 10.0. The highest BCUT2D eigenvalue weighted by atomic mass is 16.1. The van der Waals surface area contributed by atoms with E-state index in [1.807, 2.05) is 0 Å². The van der Waals surface area contributed by atoms with Crippen LogP contribution in [0.3, 0.4) is 0 Å². The summed E-state index contributed by atoms with van der Waals surface area (Å²) in [4.78, 5) is 11.8. The molecule has 4 atom stereocenters. The maximum absolute atomic E-state index is 11.8. The number of hydrogen-bond acceptors (Lipinski definition) is 2. The number of carbonyl (C=O) groups excluding carboxylic acids is 1. The Morgan fingerprint density at radius 2 is 1.88 bits per heavy atom. The van der Waals surface area contributed by atoms with Crippen molar-refractivity contribution >= 4 is 5.91 Å². The molecule has 3 nitrogen and oxygen atoms in total. The molecule has 3 fully saturated rings. The summed E-state index contributed by atoms with van der Waals surface area (Å²) in [6.07, 6.45) is 7.01. The molecule has 0 spiro atoms. The average molecular weight is 222 g/mol. The normalized spacial score (nSPS) is 45.4. The Kier molecular flexibility index (Phi) is 2.66. The SMILES string of the molecule is CC1CC1NC(=O)CC1CC2CCC(C1)N2. The van der Waals surface area contributed by atoms with Crippen LogP contribution in [0, 0.1) is 11.8 Å². The van der Waals surface area contributed by atoms with Gasteiger partial charge < -0.3 is 10.6 Å². The molecule has 2 bridgehead atoms. The van der Waals surface area contributed by atoms with Crippen LogP contribution in [-0.4, -0.2) is 24.0 Å². The van der Waals surface area contributed by atoms with Gasteiger partial charge in [0.15, 0.2) is 0 Å². The first kappa shape index (κ1) is 10.6. The van der Waals surface area contributed by atoms with Crippen LogP contribution in [-0.2, 0) is 4.79 Å². The lowest BCUT2D eigenvalue weighted by Gasteiger charge is -2.28. The van der Waals surface area contributed by atoms with Gasteiger partial charge in [-0.3, -0.25) is 4.79 Å². The van der Waals surface area contributed by atoms with E-state index in [1.54, 1.807) is 0 Å². The third-order valence-corrected chi connectivity index (χ3v) is 4.50. The largest absolute Gasteiger partial charge is 0.353 e. The molecule has 3 rings (SSSR count). The predicted octanol–water partition coefficient (Wildman–Crippen LogP) is 1.43. The summed E-state index contributed by atoms with van der Waals surface area (Å²) in [5.74, 6) is 1.64. The summed E-state index contributed by atoms with van der Waals surface area (Å²) < 4.78 is 0. The zero-order valence-corrected chi connectivity index (χ0v) is 10.0. The number of rotatable bonds is 3. The molecule has 0 aromatic heterocycles. The minimum atomic E-state index is 0.292. The monoisotopic (exact) mass is 222 g/mol. The van der Waals surface area contributed by atoms with Gasteiger partial charge in [0.2, 0.25) is 5.91 Å². The first-order valence-corrected chi connectivity index (χ1v) is 6.76. The van der Waals surface area contributed by atoms with Gasteiger partial charge in [0.05, 0.1) is 0 Å². The van der Waals surface area contributed by atoms with E-state index in [4.69, 9.17) is 0 Å². The molecule has 3 aliphatic rings. The third kappa shape index (κ3) is 2.24. The van der Waals surface area contributed by atoms with Gasteiger partial charge in [0.1, 0.15) is 0 Å². The minimum Gasteiger partial charge on any atom is -0.353 e. The molecule has 4 unspecified atom stereocenters. The molecule has 2 heterocycles. The molecule has 1 saturated carbocycles. The van der Waals surface area contributed by atoms with Crippen molar-refractivity contribution in [3.63, 3.8) is 0 Å². The second-order valence-electron chi connectivity index (χ2n) is 6.07. The third-order valence-electron chi connectivity index (χ3n) is 4.50. The first-order chi connectivity index (χ1) is 7.70. The van der Waals surface area contributed by atoms with Crippen LogP contribution in [0.15, 0.2) is 0 Å². The van der Waals surface area contributed by atoms with Crippen molar-refractivity contribution in [3.05, 3.63) is 0 Å². The maximum atomic E-state index is 11.8. The number of nitrogens with one attached hydrogen (secondary N) is 2. The van der Waals surface area contributed by atoms with E-state index in [0.29, 0.717) is 35.9 Å². The maximum Gasteiger partial charge on any atom is 0.220 e. The van der Waals surface area contributed by atoms with Gasteiger partial charge in [0, 0.05) is 24.5 Å². The van der Waals surface area contributed by atoms with Gasteiger partial charge in [-0.25, -0.2) is 0 Å². The Morgan fingerprint density at radius 1 is 1.25 bits per heavy atom. The van der Waals surface area contributed by atoms with E-state index in [-0.39, 0.29) is 0 Å². The molecule has 0 aromatic carbocycles. The summed E-state index contributed by atoms with van der Waals surface area (Å²) in [6.45, 7) is 2.20. The van der Waals surface area contributed by atoms with Gasteiger partial charge in [-0.1, -0.05) is 6.92 Å².